The van der Waals surface area contributed by atoms with Gasteiger partial charge in [-0.15, -0.1) is 0 Å². The van der Waals surface area contributed by atoms with Crippen molar-refractivity contribution in [2.45, 2.75) is 27.7 Å². The van der Waals surface area contributed by atoms with Crippen molar-refractivity contribution in [3.63, 3.8) is 0 Å². The predicted octanol–water partition coefficient (Wildman–Crippen LogP) is 0.846. The van der Waals surface area contributed by atoms with Crippen LogP contribution in [0.25, 0.3) is 0 Å². The van der Waals surface area contributed by atoms with E-state index in [1.165, 1.54) is 0 Å². The maximum absolute atomic E-state index is 5.97. The Balaban J connectivity index is 3.61. The summed E-state index contributed by atoms with van der Waals surface area (Å²) in [5.74, 6) is 5.97. The molecule has 0 heterocycles. The van der Waals surface area contributed by atoms with E-state index in [1.807, 2.05) is 5.01 Å². The van der Waals surface area contributed by atoms with E-state index in [0.29, 0.717) is 0 Å². The van der Waals surface area contributed by atoms with Gasteiger partial charge < -0.3 is 9.80 Å². The van der Waals surface area contributed by atoms with Crippen LogP contribution < -0.4 is 5.84 Å². The van der Waals surface area contributed by atoms with E-state index in [0.717, 1.165) is 52.4 Å². The lowest BCUT2D eigenvalue weighted by molar-refractivity contribution is 0.188. The molecule has 0 aliphatic heterocycles. The normalized spacial score (nSPS) is 12.0. The molecule has 0 saturated heterocycles. The molecule has 0 amide bonds. The first-order valence-electron chi connectivity index (χ1n) is 6.62. The fourth-order valence-corrected chi connectivity index (χ4v) is 1.73. The van der Waals surface area contributed by atoms with E-state index in [-0.39, 0.29) is 0 Å². The van der Waals surface area contributed by atoms with Gasteiger partial charge in [0.1, 0.15) is 0 Å². The van der Waals surface area contributed by atoms with Gasteiger partial charge in [0.15, 0.2) is 0 Å². The maximum Gasteiger partial charge on any atom is 0.0257 e. The lowest BCUT2D eigenvalue weighted by Crippen LogP contribution is -2.43. The van der Waals surface area contributed by atoms with E-state index in [9.17, 15) is 0 Å². The zero-order valence-corrected chi connectivity index (χ0v) is 11.6. The van der Waals surface area contributed by atoms with Crippen LogP contribution in [0, 0.1) is 0 Å². The fraction of sp³-hybridized carbons (Fsp3) is 1.00. The van der Waals surface area contributed by atoms with Gasteiger partial charge in [0.05, 0.1) is 0 Å². The molecule has 0 aliphatic carbocycles. The monoisotopic (exact) mass is 230 g/mol. The first kappa shape index (κ1) is 15.8. The Labute approximate surface area is 101 Å². The van der Waals surface area contributed by atoms with Gasteiger partial charge in [-0.3, -0.25) is 5.84 Å². The number of hydrogen-bond donors (Lipinski definition) is 1. The van der Waals surface area contributed by atoms with Crippen molar-refractivity contribution in [1.29, 1.82) is 0 Å². The number of likely N-dealkylation sites (N-methyl/N-ethyl adjacent to an activating group) is 2. The highest BCUT2D eigenvalue weighted by Gasteiger charge is 2.05. The molecule has 0 aromatic carbocycles. The minimum atomic E-state index is 0.961. The molecule has 0 rings (SSSR count). The summed E-state index contributed by atoms with van der Waals surface area (Å²) in [5.41, 5.74) is 0. The highest BCUT2D eigenvalue weighted by atomic mass is 15.4. The standard InChI is InChI=1S/C12H30N4/c1-5-14(6-2)9-11-16(13)12-10-15(7-3)8-4/h5-13H2,1-4H3. The first-order chi connectivity index (χ1) is 7.67. The molecule has 2 N–H and O–H groups in total. The number of nitrogens with two attached hydrogens (primary N) is 1. The quantitative estimate of drug-likeness (QED) is 0.446. The summed E-state index contributed by atoms with van der Waals surface area (Å²) in [4.78, 5) is 4.80. The van der Waals surface area contributed by atoms with Crippen molar-refractivity contribution in [2.75, 3.05) is 52.4 Å². The number of hydrazine groups is 1. The van der Waals surface area contributed by atoms with Crippen LogP contribution in [0.5, 0.6) is 0 Å². The molecule has 0 radical (unpaired) electrons. The molecular formula is C12H30N4. The number of hydrogen-bond acceptors (Lipinski definition) is 4. The third-order valence-corrected chi connectivity index (χ3v) is 3.20. The second-order valence-corrected chi connectivity index (χ2v) is 4.09. The van der Waals surface area contributed by atoms with Crippen LogP contribution in [-0.2, 0) is 0 Å². The van der Waals surface area contributed by atoms with Crippen molar-refractivity contribution in [3.8, 4) is 0 Å². The topological polar surface area (TPSA) is 35.7 Å². The number of nitrogens with zero attached hydrogens (tertiary/aromatic N) is 3. The predicted molar refractivity (Wildman–Crippen MR) is 71.3 cm³/mol. The van der Waals surface area contributed by atoms with Gasteiger partial charge in [-0.25, -0.2) is 5.01 Å². The molecule has 0 saturated carbocycles. The van der Waals surface area contributed by atoms with E-state index < -0.39 is 0 Å². The molecule has 0 bridgehead atoms. The van der Waals surface area contributed by atoms with Crippen molar-refractivity contribution < 1.29 is 0 Å². The molecule has 0 atom stereocenters. The first-order valence-corrected chi connectivity index (χ1v) is 6.62. The maximum atomic E-state index is 5.97. The summed E-state index contributed by atoms with van der Waals surface area (Å²) in [6.45, 7) is 17.3. The van der Waals surface area contributed by atoms with Crippen LogP contribution in [-0.4, -0.2) is 67.2 Å². The molecule has 4 heteroatoms. The second-order valence-electron chi connectivity index (χ2n) is 4.09. The third-order valence-electron chi connectivity index (χ3n) is 3.20. The number of rotatable bonds is 10. The molecule has 0 aromatic heterocycles. The molecule has 4 nitrogen and oxygen atoms in total. The third kappa shape index (κ3) is 7.17. The van der Waals surface area contributed by atoms with Crippen LogP contribution in [0.3, 0.4) is 0 Å². The zero-order chi connectivity index (χ0) is 12.4. The van der Waals surface area contributed by atoms with Gasteiger partial charge in [0.25, 0.3) is 0 Å². The summed E-state index contributed by atoms with van der Waals surface area (Å²) >= 11 is 0. The smallest absolute Gasteiger partial charge is 0.0257 e. The SMILES string of the molecule is CCN(CC)CCN(N)CCN(CC)CC. The van der Waals surface area contributed by atoms with Gasteiger partial charge in [-0.2, -0.15) is 0 Å². The molecule has 16 heavy (non-hydrogen) atoms. The van der Waals surface area contributed by atoms with Crippen LogP contribution >= 0.6 is 0 Å². The second kappa shape index (κ2) is 10.0. The van der Waals surface area contributed by atoms with Crippen molar-refractivity contribution in [2.24, 2.45) is 5.84 Å². The van der Waals surface area contributed by atoms with Gasteiger partial charge >= 0.3 is 0 Å². The Morgan fingerprint density at radius 2 is 0.938 bits per heavy atom. The summed E-state index contributed by atoms with van der Waals surface area (Å²) in [5, 5.41) is 1.94. The highest BCUT2D eigenvalue weighted by molar-refractivity contribution is 4.59. The van der Waals surface area contributed by atoms with Crippen LogP contribution in [0.2, 0.25) is 0 Å². The Bertz CT molecular complexity index is 128. The molecule has 98 valence electrons. The summed E-state index contributed by atoms with van der Waals surface area (Å²) in [6, 6.07) is 0. The van der Waals surface area contributed by atoms with Gasteiger partial charge in [-0.05, 0) is 26.2 Å². The van der Waals surface area contributed by atoms with Crippen molar-refractivity contribution in [1.82, 2.24) is 14.8 Å². The van der Waals surface area contributed by atoms with Crippen molar-refractivity contribution in [3.05, 3.63) is 0 Å². The average molecular weight is 230 g/mol. The minimum absolute atomic E-state index is 0.961. The van der Waals surface area contributed by atoms with E-state index in [2.05, 4.69) is 37.5 Å². The largest absolute Gasteiger partial charge is 0.303 e. The molecule has 0 fully saturated rings. The molecule has 0 unspecified atom stereocenters. The summed E-state index contributed by atoms with van der Waals surface area (Å²) in [6.07, 6.45) is 0. The average Bonchev–Trinajstić information content (AvgIpc) is 2.31. The van der Waals surface area contributed by atoms with Crippen molar-refractivity contribution >= 4 is 0 Å². The zero-order valence-electron chi connectivity index (χ0n) is 11.6. The van der Waals surface area contributed by atoms with Crippen LogP contribution in [0.4, 0.5) is 0 Å². The van der Waals surface area contributed by atoms with E-state index in [1.54, 1.807) is 0 Å². The Hall–Kier alpha value is -0.160. The Morgan fingerprint density at radius 1 is 0.625 bits per heavy atom. The molecule has 0 spiro atoms. The van der Waals surface area contributed by atoms with E-state index >= 15 is 0 Å². The lowest BCUT2D eigenvalue weighted by atomic mass is 10.4. The molecule has 0 aliphatic rings. The fourth-order valence-electron chi connectivity index (χ4n) is 1.73. The van der Waals surface area contributed by atoms with Crippen LogP contribution in [0.15, 0.2) is 0 Å². The van der Waals surface area contributed by atoms with Gasteiger partial charge in [-0.1, -0.05) is 27.7 Å². The minimum Gasteiger partial charge on any atom is -0.303 e. The van der Waals surface area contributed by atoms with Gasteiger partial charge in [0.2, 0.25) is 0 Å². The highest BCUT2D eigenvalue weighted by Crippen LogP contribution is 1.90. The lowest BCUT2D eigenvalue weighted by Gasteiger charge is -2.25. The van der Waals surface area contributed by atoms with Gasteiger partial charge in [0, 0.05) is 26.2 Å². The Kier molecular flexibility index (Phi) is 9.92. The molecule has 0 aromatic rings. The summed E-state index contributed by atoms with van der Waals surface area (Å²) in [7, 11) is 0. The Morgan fingerprint density at radius 3 is 1.19 bits per heavy atom. The summed E-state index contributed by atoms with van der Waals surface area (Å²) < 4.78 is 0. The molecular weight excluding hydrogens is 200 g/mol. The van der Waals surface area contributed by atoms with Crippen LogP contribution in [0.1, 0.15) is 27.7 Å². The van der Waals surface area contributed by atoms with E-state index in [4.69, 9.17) is 5.84 Å².